The van der Waals surface area contributed by atoms with Gasteiger partial charge in [0.15, 0.2) is 6.10 Å². The number of rotatable bonds is 52. The minimum Gasteiger partial charge on any atom is -0.462 e. The molecule has 1 unspecified atom stereocenters. The van der Waals surface area contributed by atoms with Crippen LogP contribution in [0.5, 0.6) is 0 Å². The van der Waals surface area contributed by atoms with E-state index in [-0.39, 0.29) is 31.1 Å². The number of ether oxygens (including phenoxy) is 3. The molecule has 0 aliphatic carbocycles. The predicted molar refractivity (Wildman–Crippen MR) is 275 cm³/mol. The van der Waals surface area contributed by atoms with Gasteiger partial charge in [0.05, 0.1) is 0 Å². The first-order valence-corrected chi connectivity index (χ1v) is 28.3. The summed E-state index contributed by atoms with van der Waals surface area (Å²) in [6, 6.07) is 0. The van der Waals surface area contributed by atoms with Gasteiger partial charge in [-0.15, -0.1) is 0 Å². The van der Waals surface area contributed by atoms with E-state index in [1.54, 1.807) is 0 Å². The van der Waals surface area contributed by atoms with Gasteiger partial charge in [-0.1, -0.05) is 251 Å². The highest BCUT2D eigenvalue weighted by Gasteiger charge is 2.19. The molecule has 0 N–H and O–H groups in total. The number of carbonyl (C=O) groups is 3. The summed E-state index contributed by atoms with van der Waals surface area (Å²) < 4.78 is 16.8. The van der Waals surface area contributed by atoms with Crippen molar-refractivity contribution >= 4 is 17.9 Å². The molecule has 0 spiro atoms. The highest BCUT2D eigenvalue weighted by atomic mass is 16.6. The molecule has 0 heterocycles. The molecule has 0 aliphatic rings. The van der Waals surface area contributed by atoms with Gasteiger partial charge in [0.1, 0.15) is 13.2 Å². The van der Waals surface area contributed by atoms with Crippen molar-refractivity contribution in [2.45, 2.75) is 316 Å². The number of hydrogen-bond acceptors (Lipinski definition) is 6. The smallest absolute Gasteiger partial charge is 0.306 e. The van der Waals surface area contributed by atoms with E-state index in [0.717, 1.165) is 64.2 Å². The van der Waals surface area contributed by atoms with E-state index >= 15 is 0 Å². The number of allylic oxidation sites excluding steroid dienone is 4. The minimum absolute atomic E-state index is 0.0707. The Labute approximate surface area is 398 Å². The molecule has 0 aromatic heterocycles. The highest BCUT2D eigenvalue weighted by Crippen LogP contribution is 2.16. The first-order valence-electron chi connectivity index (χ1n) is 28.3. The maximum atomic E-state index is 12.7. The largest absolute Gasteiger partial charge is 0.462 e. The van der Waals surface area contributed by atoms with Crippen LogP contribution in [-0.2, 0) is 28.6 Å². The van der Waals surface area contributed by atoms with E-state index in [0.29, 0.717) is 19.3 Å². The molecule has 6 heteroatoms. The summed E-state index contributed by atoms with van der Waals surface area (Å²) >= 11 is 0. The van der Waals surface area contributed by atoms with Crippen LogP contribution in [0.2, 0.25) is 0 Å². The molecular formula is C58H108O6. The summed E-state index contributed by atoms with van der Waals surface area (Å²) in [5, 5.41) is 0. The lowest BCUT2D eigenvalue weighted by molar-refractivity contribution is -0.167. The van der Waals surface area contributed by atoms with Crippen LogP contribution in [0.4, 0.5) is 0 Å². The lowest BCUT2D eigenvalue weighted by atomic mass is 10.0. The third-order valence-corrected chi connectivity index (χ3v) is 12.7. The molecule has 6 nitrogen and oxygen atoms in total. The molecule has 0 bridgehead atoms. The fourth-order valence-corrected chi connectivity index (χ4v) is 8.36. The normalized spacial score (nSPS) is 12.1. The van der Waals surface area contributed by atoms with Gasteiger partial charge in [0.25, 0.3) is 0 Å². The molecule has 0 saturated heterocycles. The summed E-state index contributed by atoms with van der Waals surface area (Å²) in [5.41, 5.74) is 0. The van der Waals surface area contributed by atoms with E-state index in [4.69, 9.17) is 14.2 Å². The Kier molecular flexibility index (Phi) is 51.7. The first kappa shape index (κ1) is 61.9. The second-order valence-electron chi connectivity index (χ2n) is 19.2. The zero-order valence-corrected chi connectivity index (χ0v) is 43.1. The van der Waals surface area contributed by atoms with Crippen molar-refractivity contribution < 1.29 is 28.6 Å². The van der Waals surface area contributed by atoms with E-state index < -0.39 is 6.10 Å². The molecule has 64 heavy (non-hydrogen) atoms. The van der Waals surface area contributed by atoms with E-state index in [1.165, 1.54) is 205 Å². The van der Waals surface area contributed by atoms with Crippen LogP contribution < -0.4 is 0 Å². The first-order chi connectivity index (χ1) is 31.5. The van der Waals surface area contributed by atoms with Crippen molar-refractivity contribution in [2.75, 3.05) is 13.2 Å². The van der Waals surface area contributed by atoms with Crippen LogP contribution in [-0.4, -0.2) is 37.2 Å². The second-order valence-corrected chi connectivity index (χ2v) is 19.2. The predicted octanol–water partition coefficient (Wildman–Crippen LogP) is 18.7. The maximum Gasteiger partial charge on any atom is 0.306 e. The summed E-state index contributed by atoms with van der Waals surface area (Å²) in [5.74, 6) is -0.872. The number of hydrogen-bond donors (Lipinski definition) is 0. The average Bonchev–Trinajstić information content (AvgIpc) is 3.29. The second kappa shape index (κ2) is 53.5. The fraction of sp³-hybridized carbons (Fsp3) is 0.879. The summed E-state index contributed by atoms with van der Waals surface area (Å²) in [4.78, 5) is 37.8. The molecular weight excluding hydrogens is 793 g/mol. The van der Waals surface area contributed by atoms with Crippen LogP contribution in [0.1, 0.15) is 310 Å². The van der Waals surface area contributed by atoms with Crippen LogP contribution in [0, 0.1) is 0 Å². The monoisotopic (exact) mass is 901 g/mol. The molecule has 0 fully saturated rings. The van der Waals surface area contributed by atoms with Gasteiger partial charge in [-0.3, -0.25) is 14.4 Å². The van der Waals surface area contributed by atoms with Crippen LogP contribution >= 0.6 is 0 Å². The molecule has 0 saturated carbocycles. The van der Waals surface area contributed by atoms with Crippen molar-refractivity contribution in [3.8, 4) is 0 Å². The number of esters is 3. The van der Waals surface area contributed by atoms with E-state index in [2.05, 4.69) is 45.1 Å². The Morgan fingerprint density at radius 1 is 0.297 bits per heavy atom. The molecule has 0 aliphatic heterocycles. The fourth-order valence-electron chi connectivity index (χ4n) is 8.36. The third kappa shape index (κ3) is 50.9. The summed E-state index contributed by atoms with van der Waals surface area (Å²) in [6.45, 7) is 6.59. The van der Waals surface area contributed by atoms with Crippen LogP contribution in [0.3, 0.4) is 0 Å². The zero-order valence-electron chi connectivity index (χ0n) is 43.1. The quantitative estimate of drug-likeness (QED) is 0.0262. The standard InChI is InChI=1S/C58H108O6/c1-4-7-10-13-16-19-21-22-23-24-25-26-27-28-29-30-31-32-33-34-35-36-38-39-42-45-48-51-57(60)63-54-55(53-62-56(59)50-47-44-41-18-15-12-9-6-3)64-58(61)52-49-46-43-40-37-20-17-14-11-8-5-2/h14,17,24-25,55H,4-13,15-16,18-23,26-54H2,1-3H3/b17-14-,25-24-. The minimum atomic E-state index is -0.768. The summed E-state index contributed by atoms with van der Waals surface area (Å²) in [7, 11) is 0. The molecule has 0 amide bonds. The van der Waals surface area contributed by atoms with Crippen LogP contribution in [0.25, 0.3) is 0 Å². The Bertz CT molecular complexity index is 1040. The van der Waals surface area contributed by atoms with Gasteiger partial charge in [-0.05, 0) is 64.2 Å². The Hall–Kier alpha value is -2.11. The van der Waals surface area contributed by atoms with Crippen molar-refractivity contribution in [3.63, 3.8) is 0 Å². The van der Waals surface area contributed by atoms with E-state index in [1.807, 2.05) is 0 Å². The number of carbonyl (C=O) groups excluding carboxylic acids is 3. The lowest BCUT2D eigenvalue weighted by Gasteiger charge is -2.18. The molecule has 0 radical (unpaired) electrons. The van der Waals surface area contributed by atoms with Gasteiger partial charge in [-0.2, -0.15) is 0 Å². The highest BCUT2D eigenvalue weighted by molar-refractivity contribution is 5.71. The zero-order chi connectivity index (χ0) is 46.5. The van der Waals surface area contributed by atoms with Crippen molar-refractivity contribution in [2.24, 2.45) is 0 Å². The third-order valence-electron chi connectivity index (χ3n) is 12.7. The van der Waals surface area contributed by atoms with Crippen molar-refractivity contribution in [1.82, 2.24) is 0 Å². The van der Waals surface area contributed by atoms with Gasteiger partial charge in [0, 0.05) is 19.3 Å². The topological polar surface area (TPSA) is 78.9 Å². The average molecular weight is 901 g/mol. The van der Waals surface area contributed by atoms with Gasteiger partial charge >= 0.3 is 17.9 Å². The van der Waals surface area contributed by atoms with Gasteiger partial charge in [0.2, 0.25) is 0 Å². The summed E-state index contributed by atoms with van der Waals surface area (Å²) in [6.07, 6.45) is 62.0. The molecule has 376 valence electrons. The van der Waals surface area contributed by atoms with E-state index in [9.17, 15) is 14.4 Å². The molecule has 0 aromatic carbocycles. The SMILES string of the molecule is CCCC/C=C\CCCCCCCC(=O)OC(COC(=O)CCCCCCCCCC)COC(=O)CCCCCCCCCCCCCCCCC/C=C\CCCCCCCCCC. The van der Waals surface area contributed by atoms with Gasteiger partial charge in [-0.25, -0.2) is 0 Å². The Morgan fingerprint density at radius 3 is 0.828 bits per heavy atom. The molecule has 1 atom stereocenters. The van der Waals surface area contributed by atoms with Crippen molar-refractivity contribution in [3.05, 3.63) is 24.3 Å². The number of unbranched alkanes of at least 4 members (excludes halogenated alkanes) is 37. The van der Waals surface area contributed by atoms with Crippen molar-refractivity contribution in [1.29, 1.82) is 0 Å². The molecule has 0 rings (SSSR count). The van der Waals surface area contributed by atoms with Gasteiger partial charge < -0.3 is 14.2 Å². The Morgan fingerprint density at radius 2 is 0.531 bits per heavy atom. The lowest BCUT2D eigenvalue weighted by Crippen LogP contribution is -2.30. The Balaban J connectivity index is 4.03. The van der Waals surface area contributed by atoms with Crippen LogP contribution in [0.15, 0.2) is 24.3 Å². The maximum absolute atomic E-state index is 12.7. The molecule has 0 aromatic rings.